The smallest absolute Gasteiger partial charge is 0.139 e. The number of nitrogens with one attached hydrogen (secondary N) is 1. The SMILES string of the molecule is Cc1noc(C)c1C(C)NC1=NCCCC1. The van der Waals surface area contributed by atoms with Gasteiger partial charge >= 0.3 is 0 Å². The van der Waals surface area contributed by atoms with Crippen molar-refractivity contribution in [2.75, 3.05) is 6.54 Å². The van der Waals surface area contributed by atoms with E-state index in [9.17, 15) is 0 Å². The highest BCUT2D eigenvalue weighted by Crippen LogP contribution is 2.21. The third-order valence-electron chi connectivity index (χ3n) is 3.03. The van der Waals surface area contributed by atoms with E-state index in [2.05, 4.69) is 22.4 Å². The second-order valence-corrected chi connectivity index (χ2v) is 4.39. The van der Waals surface area contributed by atoms with Gasteiger partial charge in [-0.3, -0.25) is 4.99 Å². The van der Waals surface area contributed by atoms with Crippen LogP contribution in [0, 0.1) is 13.8 Å². The molecule has 0 aromatic carbocycles. The van der Waals surface area contributed by atoms with E-state index < -0.39 is 0 Å². The van der Waals surface area contributed by atoms with E-state index in [-0.39, 0.29) is 6.04 Å². The number of aromatic nitrogens is 1. The summed E-state index contributed by atoms with van der Waals surface area (Å²) in [6.07, 6.45) is 3.51. The van der Waals surface area contributed by atoms with Crippen molar-refractivity contribution >= 4 is 5.84 Å². The molecule has 1 aliphatic heterocycles. The van der Waals surface area contributed by atoms with Crippen LogP contribution in [0.4, 0.5) is 0 Å². The van der Waals surface area contributed by atoms with Gasteiger partial charge in [0.05, 0.1) is 17.6 Å². The van der Waals surface area contributed by atoms with E-state index in [1.54, 1.807) is 0 Å². The number of aryl methyl sites for hydroxylation is 2. The summed E-state index contributed by atoms with van der Waals surface area (Å²) in [5.41, 5.74) is 2.13. The molecule has 0 fully saturated rings. The second kappa shape index (κ2) is 4.68. The van der Waals surface area contributed by atoms with Crippen LogP contribution < -0.4 is 5.32 Å². The van der Waals surface area contributed by atoms with Crippen molar-refractivity contribution in [1.82, 2.24) is 10.5 Å². The molecule has 0 amide bonds. The van der Waals surface area contributed by atoms with Gasteiger partial charge in [-0.15, -0.1) is 0 Å². The molecule has 1 N–H and O–H groups in total. The van der Waals surface area contributed by atoms with Gasteiger partial charge in [0.25, 0.3) is 0 Å². The molecule has 1 aromatic rings. The lowest BCUT2D eigenvalue weighted by Crippen LogP contribution is -2.29. The van der Waals surface area contributed by atoms with Gasteiger partial charge in [-0.1, -0.05) is 5.16 Å². The topological polar surface area (TPSA) is 50.4 Å². The number of nitrogens with zero attached hydrogens (tertiary/aromatic N) is 2. The standard InChI is InChI=1S/C12H19N3O/c1-8(12-9(2)15-16-10(12)3)14-11-6-4-5-7-13-11/h8H,4-7H2,1-3H3,(H,13,14). The molecule has 0 radical (unpaired) electrons. The Morgan fingerprint density at radius 2 is 2.12 bits per heavy atom. The van der Waals surface area contributed by atoms with Crippen molar-refractivity contribution in [2.24, 2.45) is 4.99 Å². The monoisotopic (exact) mass is 221 g/mol. The molecule has 16 heavy (non-hydrogen) atoms. The van der Waals surface area contributed by atoms with Crippen molar-refractivity contribution in [2.45, 2.75) is 46.1 Å². The van der Waals surface area contributed by atoms with Gasteiger partial charge < -0.3 is 9.84 Å². The predicted molar refractivity (Wildman–Crippen MR) is 63.7 cm³/mol. The largest absolute Gasteiger partial charge is 0.367 e. The molecule has 0 saturated carbocycles. The molecule has 1 aliphatic rings. The summed E-state index contributed by atoms with van der Waals surface area (Å²) < 4.78 is 5.18. The summed E-state index contributed by atoms with van der Waals surface area (Å²) in [6.45, 7) is 7.02. The average Bonchev–Trinajstić information content (AvgIpc) is 2.60. The number of amidine groups is 1. The van der Waals surface area contributed by atoms with Crippen LogP contribution in [-0.4, -0.2) is 17.5 Å². The summed E-state index contributed by atoms with van der Waals surface area (Å²) in [7, 11) is 0. The van der Waals surface area contributed by atoms with Crippen LogP contribution in [-0.2, 0) is 0 Å². The number of rotatable bonds is 2. The van der Waals surface area contributed by atoms with Gasteiger partial charge in [0.15, 0.2) is 0 Å². The quantitative estimate of drug-likeness (QED) is 0.834. The van der Waals surface area contributed by atoms with E-state index in [0.717, 1.165) is 35.8 Å². The van der Waals surface area contributed by atoms with Crippen molar-refractivity contribution in [1.29, 1.82) is 0 Å². The molecule has 4 nitrogen and oxygen atoms in total. The van der Waals surface area contributed by atoms with Crippen LogP contribution in [0.1, 0.15) is 49.2 Å². The fourth-order valence-corrected chi connectivity index (χ4v) is 2.25. The number of hydrogen-bond donors (Lipinski definition) is 1. The predicted octanol–water partition coefficient (Wildman–Crippen LogP) is 2.52. The van der Waals surface area contributed by atoms with Gasteiger partial charge in [-0.05, 0) is 33.6 Å². The summed E-state index contributed by atoms with van der Waals surface area (Å²) in [6, 6.07) is 0.225. The van der Waals surface area contributed by atoms with Crippen molar-refractivity contribution < 1.29 is 4.52 Å². The Morgan fingerprint density at radius 3 is 2.69 bits per heavy atom. The number of hydrogen-bond acceptors (Lipinski definition) is 4. The number of aliphatic imine (C=N–C) groups is 1. The molecule has 2 rings (SSSR count). The van der Waals surface area contributed by atoms with E-state index >= 15 is 0 Å². The van der Waals surface area contributed by atoms with E-state index in [1.165, 1.54) is 12.8 Å². The van der Waals surface area contributed by atoms with Crippen LogP contribution >= 0.6 is 0 Å². The van der Waals surface area contributed by atoms with Crippen LogP contribution in [0.2, 0.25) is 0 Å². The van der Waals surface area contributed by atoms with Crippen molar-refractivity contribution in [3.63, 3.8) is 0 Å². The zero-order valence-corrected chi connectivity index (χ0v) is 10.2. The average molecular weight is 221 g/mol. The highest BCUT2D eigenvalue weighted by Gasteiger charge is 2.17. The zero-order chi connectivity index (χ0) is 11.5. The molecule has 0 bridgehead atoms. The molecule has 2 heterocycles. The van der Waals surface area contributed by atoms with Gasteiger partial charge in [0.2, 0.25) is 0 Å². The normalized spacial score (nSPS) is 18.1. The Morgan fingerprint density at radius 1 is 1.31 bits per heavy atom. The lowest BCUT2D eigenvalue weighted by molar-refractivity contribution is 0.391. The van der Waals surface area contributed by atoms with Crippen LogP contribution in [0.15, 0.2) is 9.52 Å². The Labute approximate surface area is 96.1 Å². The molecular weight excluding hydrogens is 202 g/mol. The van der Waals surface area contributed by atoms with E-state index in [4.69, 9.17) is 4.52 Å². The van der Waals surface area contributed by atoms with Crippen LogP contribution in [0.3, 0.4) is 0 Å². The molecule has 1 atom stereocenters. The summed E-state index contributed by atoms with van der Waals surface area (Å²) in [5, 5.41) is 7.43. The Kier molecular flexibility index (Phi) is 3.27. The zero-order valence-electron chi connectivity index (χ0n) is 10.2. The summed E-state index contributed by atoms with van der Waals surface area (Å²) in [5.74, 6) is 2.02. The first-order chi connectivity index (χ1) is 7.68. The van der Waals surface area contributed by atoms with Crippen molar-refractivity contribution in [3.05, 3.63) is 17.0 Å². The Bertz CT molecular complexity index is 375. The third kappa shape index (κ3) is 2.26. The highest BCUT2D eigenvalue weighted by molar-refractivity contribution is 5.83. The maximum Gasteiger partial charge on any atom is 0.139 e. The molecule has 0 spiro atoms. The molecule has 0 saturated heterocycles. The fraction of sp³-hybridized carbons (Fsp3) is 0.667. The van der Waals surface area contributed by atoms with E-state index in [1.807, 2.05) is 13.8 Å². The minimum atomic E-state index is 0.225. The first-order valence-corrected chi connectivity index (χ1v) is 5.91. The van der Waals surface area contributed by atoms with Crippen molar-refractivity contribution in [3.8, 4) is 0 Å². The minimum absolute atomic E-state index is 0.225. The molecule has 88 valence electrons. The maximum atomic E-state index is 5.18. The second-order valence-electron chi connectivity index (χ2n) is 4.39. The third-order valence-corrected chi connectivity index (χ3v) is 3.03. The molecule has 1 aromatic heterocycles. The highest BCUT2D eigenvalue weighted by atomic mass is 16.5. The van der Waals surface area contributed by atoms with E-state index in [0.29, 0.717) is 0 Å². The molecule has 0 aliphatic carbocycles. The first kappa shape index (κ1) is 11.2. The Hall–Kier alpha value is -1.32. The lowest BCUT2D eigenvalue weighted by atomic mass is 10.1. The maximum absolute atomic E-state index is 5.18. The fourth-order valence-electron chi connectivity index (χ4n) is 2.25. The lowest BCUT2D eigenvalue weighted by Gasteiger charge is -2.19. The molecule has 1 unspecified atom stereocenters. The Balaban J connectivity index is 2.08. The van der Waals surface area contributed by atoms with Gasteiger partial charge in [0, 0.05) is 18.5 Å². The van der Waals surface area contributed by atoms with Crippen LogP contribution in [0.5, 0.6) is 0 Å². The molecule has 4 heteroatoms. The summed E-state index contributed by atoms with van der Waals surface area (Å²) in [4.78, 5) is 4.49. The minimum Gasteiger partial charge on any atom is -0.367 e. The van der Waals surface area contributed by atoms with Gasteiger partial charge in [-0.25, -0.2) is 0 Å². The van der Waals surface area contributed by atoms with Crippen LogP contribution in [0.25, 0.3) is 0 Å². The van der Waals surface area contributed by atoms with Gasteiger partial charge in [-0.2, -0.15) is 0 Å². The molecular formula is C12H19N3O. The summed E-state index contributed by atoms with van der Waals surface area (Å²) >= 11 is 0. The van der Waals surface area contributed by atoms with Gasteiger partial charge in [0.1, 0.15) is 5.76 Å². The first-order valence-electron chi connectivity index (χ1n) is 5.91.